The van der Waals surface area contributed by atoms with Gasteiger partial charge in [0.15, 0.2) is 0 Å². The third-order valence-corrected chi connectivity index (χ3v) is 5.31. The zero-order chi connectivity index (χ0) is 21.5. The fraction of sp³-hybridized carbons (Fsp3) is 0.231. The van der Waals surface area contributed by atoms with Crippen LogP contribution in [0.5, 0.6) is 0 Å². The fourth-order valence-corrected chi connectivity index (χ4v) is 3.80. The van der Waals surface area contributed by atoms with Crippen molar-refractivity contribution in [2.24, 2.45) is 5.73 Å². The quantitative estimate of drug-likeness (QED) is 0.574. The number of nitrogens with zero attached hydrogens (tertiary/aromatic N) is 1. The molecule has 4 nitrogen and oxygen atoms in total. The van der Waals surface area contributed by atoms with Crippen LogP contribution in [-0.2, 0) is 11.2 Å². The van der Waals surface area contributed by atoms with Gasteiger partial charge in [-0.15, -0.1) is 0 Å². The standard InChI is InChI=1S/C26H28N2O2/c1-3-11-20-12-10-17-23(18-20)19(2)28(26(30)22-15-8-5-9-16-22)24(25(27)29)21-13-6-4-7-14-21/h4-10,12-19,24H,3,11H2,1-2H3,(H2,27,29)/t19-,24+/m1/s1. The number of carbonyl (C=O) groups is 2. The predicted octanol–water partition coefficient (Wildman–Crippen LogP) is 5.07. The molecule has 0 bridgehead atoms. The van der Waals surface area contributed by atoms with Crippen molar-refractivity contribution in [2.75, 3.05) is 0 Å². The molecular formula is C26H28N2O2. The van der Waals surface area contributed by atoms with E-state index in [1.165, 1.54) is 5.56 Å². The molecule has 0 spiro atoms. The highest BCUT2D eigenvalue weighted by Gasteiger charge is 2.34. The topological polar surface area (TPSA) is 63.4 Å². The fourth-order valence-electron chi connectivity index (χ4n) is 3.80. The molecule has 0 heterocycles. The summed E-state index contributed by atoms with van der Waals surface area (Å²) >= 11 is 0. The van der Waals surface area contributed by atoms with Crippen molar-refractivity contribution in [3.8, 4) is 0 Å². The molecule has 0 aliphatic carbocycles. The molecule has 2 atom stereocenters. The van der Waals surface area contributed by atoms with Crippen LogP contribution in [0.2, 0.25) is 0 Å². The summed E-state index contributed by atoms with van der Waals surface area (Å²) in [5.41, 5.74) is 9.26. The Labute approximate surface area is 178 Å². The largest absolute Gasteiger partial charge is 0.368 e. The number of amides is 2. The Balaban J connectivity index is 2.10. The Morgan fingerprint density at radius 1 is 0.867 bits per heavy atom. The number of hydrogen-bond donors (Lipinski definition) is 1. The van der Waals surface area contributed by atoms with Gasteiger partial charge in [0.25, 0.3) is 5.91 Å². The molecule has 0 aliphatic rings. The van der Waals surface area contributed by atoms with Crippen LogP contribution in [0.25, 0.3) is 0 Å². The normalized spacial score (nSPS) is 12.7. The van der Waals surface area contributed by atoms with Crippen LogP contribution in [-0.4, -0.2) is 16.7 Å². The van der Waals surface area contributed by atoms with Crippen LogP contribution in [0.1, 0.15) is 59.4 Å². The minimum absolute atomic E-state index is 0.225. The maximum atomic E-state index is 13.6. The molecule has 0 saturated carbocycles. The second-order valence-electron chi connectivity index (χ2n) is 7.47. The van der Waals surface area contributed by atoms with E-state index in [2.05, 4.69) is 19.1 Å². The lowest BCUT2D eigenvalue weighted by molar-refractivity contribution is -0.123. The number of primary amides is 1. The van der Waals surface area contributed by atoms with Gasteiger partial charge in [-0.3, -0.25) is 9.59 Å². The van der Waals surface area contributed by atoms with Gasteiger partial charge < -0.3 is 10.6 Å². The molecule has 0 aromatic heterocycles. The van der Waals surface area contributed by atoms with Crippen molar-refractivity contribution in [2.45, 2.75) is 38.8 Å². The Kier molecular flexibility index (Phi) is 7.02. The van der Waals surface area contributed by atoms with Gasteiger partial charge in [-0.2, -0.15) is 0 Å². The van der Waals surface area contributed by atoms with Crippen LogP contribution in [0, 0.1) is 0 Å². The van der Waals surface area contributed by atoms with E-state index < -0.39 is 11.9 Å². The number of rotatable bonds is 8. The number of hydrogen-bond acceptors (Lipinski definition) is 2. The first-order chi connectivity index (χ1) is 14.5. The molecule has 0 fully saturated rings. The molecular weight excluding hydrogens is 372 g/mol. The Hall–Kier alpha value is -3.40. The summed E-state index contributed by atoms with van der Waals surface area (Å²) in [7, 11) is 0. The van der Waals surface area contributed by atoms with Crippen LogP contribution in [0.3, 0.4) is 0 Å². The summed E-state index contributed by atoms with van der Waals surface area (Å²) in [5, 5.41) is 0. The van der Waals surface area contributed by atoms with Crippen molar-refractivity contribution in [3.05, 3.63) is 107 Å². The van der Waals surface area contributed by atoms with Gasteiger partial charge in [-0.1, -0.05) is 86.1 Å². The van der Waals surface area contributed by atoms with Crippen LogP contribution in [0.15, 0.2) is 84.9 Å². The first-order valence-electron chi connectivity index (χ1n) is 10.3. The smallest absolute Gasteiger partial charge is 0.255 e. The molecule has 0 radical (unpaired) electrons. The van der Waals surface area contributed by atoms with Crippen LogP contribution >= 0.6 is 0 Å². The minimum atomic E-state index is -0.872. The minimum Gasteiger partial charge on any atom is -0.368 e. The lowest BCUT2D eigenvalue weighted by atomic mass is 9.96. The summed E-state index contributed by atoms with van der Waals surface area (Å²) in [4.78, 5) is 27.8. The van der Waals surface area contributed by atoms with Gasteiger partial charge in [-0.25, -0.2) is 0 Å². The second kappa shape index (κ2) is 9.88. The zero-order valence-corrected chi connectivity index (χ0v) is 17.5. The van der Waals surface area contributed by atoms with E-state index in [1.54, 1.807) is 17.0 Å². The lowest BCUT2D eigenvalue weighted by Crippen LogP contribution is -2.43. The summed E-state index contributed by atoms with van der Waals surface area (Å²) in [6.45, 7) is 4.09. The van der Waals surface area contributed by atoms with Crippen molar-refractivity contribution >= 4 is 11.8 Å². The third-order valence-electron chi connectivity index (χ3n) is 5.31. The van der Waals surface area contributed by atoms with Gasteiger partial charge in [0.05, 0.1) is 6.04 Å². The zero-order valence-electron chi connectivity index (χ0n) is 17.5. The third kappa shape index (κ3) is 4.77. The number of nitrogens with two attached hydrogens (primary N) is 1. The monoisotopic (exact) mass is 400 g/mol. The number of benzene rings is 3. The maximum Gasteiger partial charge on any atom is 0.255 e. The van der Waals surface area contributed by atoms with Crippen molar-refractivity contribution in [1.82, 2.24) is 4.90 Å². The van der Waals surface area contributed by atoms with Crippen LogP contribution in [0.4, 0.5) is 0 Å². The Morgan fingerprint density at radius 2 is 1.47 bits per heavy atom. The lowest BCUT2D eigenvalue weighted by Gasteiger charge is -2.36. The van der Waals surface area contributed by atoms with E-state index in [4.69, 9.17) is 5.73 Å². The molecule has 3 rings (SSSR count). The molecule has 2 N–H and O–H groups in total. The first-order valence-corrected chi connectivity index (χ1v) is 10.3. The molecule has 3 aromatic carbocycles. The predicted molar refractivity (Wildman–Crippen MR) is 120 cm³/mol. The number of aryl methyl sites for hydroxylation is 1. The molecule has 4 heteroatoms. The van der Waals surface area contributed by atoms with E-state index in [1.807, 2.05) is 67.6 Å². The van der Waals surface area contributed by atoms with E-state index in [0.717, 1.165) is 18.4 Å². The van der Waals surface area contributed by atoms with E-state index in [9.17, 15) is 9.59 Å². The SMILES string of the molecule is CCCc1cccc([C@@H](C)N(C(=O)c2ccccc2)[C@H](C(N)=O)c2ccccc2)c1. The van der Waals surface area contributed by atoms with Crippen molar-refractivity contribution in [3.63, 3.8) is 0 Å². The molecule has 2 amide bonds. The Morgan fingerprint density at radius 3 is 2.07 bits per heavy atom. The molecule has 0 saturated heterocycles. The summed E-state index contributed by atoms with van der Waals surface area (Å²) < 4.78 is 0. The van der Waals surface area contributed by atoms with Crippen molar-refractivity contribution in [1.29, 1.82) is 0 Å². The van der Waals surface area contributed by atoms with E-state index in [-0.39, 0.29) is 11.9 Å². The van der Waals surface area contributed by atoms with Gasteiger partial charge in [-0.05, 0) is 42.2 Å². The molecule has 154 valence electrons. The van der Waals surface area contributed by atoms with Crippen LogP contribution < -0.4 is 5.73 Å². The van der Waals surface area contributed by atoms with E-state index in [0.29, 0.717) is 11.1 Å². The highest BCUT2D eigenvalue weighted by molar-refractivity contribution is 5.98. The van der Waals surface area contributed by atoms with Gasteiger partial charge >= 0.3 is 0 Å². The second-order valence-corrected chi connectivity index (χ2v) is 7.47. The highest BCUT2D eigenvalue weighted by atomic mass is 16.2. The Bertz CT molecular complexity index is 986. The average Bonchev–Trinajstić information content (AvgIpc) is 2.78. The molecule has 0 aliphatic heterocycles. The maximum absolute atomic E-state index is 13.6. The summed E-state index contributed by atoms with van der Waals surface area (Å²) in [6.07, 6.45) is 2.00. The molecule has 3 aromatic rings. The van der Waals surface area contributed by atoms with E-state index >= 15 is 0 Å². The van der Waals surface area contributed by atoms with Gasteiger partial charge in [0.2, 0.25) is 5.91 Å². The number of carbonyl (C=O) groups excluding carboxylic acids is 2. The first kappa shape index (κ1) is 21.3. The molecule has 0 unspecified atom stereocenters. The van der Waals surface area contributed by atoms with Gasteiger partial charge in [0, 0.05) is 5.56 Å². The van der Waals surface area contributed by atoms with Gasteiger partial charge in [0.1, 0.15) is 6.04 Å². The van der Waals surface area contributed by atoms with Crippen molar-refractivity contribution < 1.29 is 9.59 Å². The molecule has 30 heavy (non-hydrogen) atoms. The summed E-state index contributed by atoms with van der Waals surface area (Å²) in [6, 6.07) is 25.3. The highest BCUT2D eigenvalue weighted by Crippen LogP contribution is 2.33. The average molecular weight is 401 g/mol. The summed E-state index contributed by atoms with van der Waals surface area (Å²) in [5.74, 6) is -0.779.